The summed E-state index contributed by atoms with van der Waals surface area (Å²) in [5, 5.41) is 0. The average Bonchev–Trinajstić information content (AvgIpc) is 2.34. The van der Waals surface area contributed by atoms with Gasteiger partial charge in [0.15, 0.2) is 0 Å². The lowest BCUT2D eigenvalue weighted by atomic mass is 10.1. The zero-order valence-corrected chi connectivity index (χ0v) is 13.0. The second-order valence-electron chi connectivity index (χ2n) is 4.82. The highest BCUT2D eigenvalue weighted by Crippen LogP contribution is 2.35. The van der Waals surface area contributed by atoms with Gasteiger partial charge in [0.05, 0.1) is 6.61 Å². The van der Waals surface area contributed by atoms with Crippen molar-refractivity contribution in [1.82, 2.24) is 0 Å². The van der Waals surface area contributed by atoms with E-state index >= 15 is 0 Å². The van der Waals surface area contributed by atoms with Gasteiger partial charge in [-0.3, -0.25) is 4.52 Å². The van der Waals surface area contributed by atoms with E-state index in [2.05, 4.69) is 23.6 Å². The SMILES string of the molecule is CCC=CCCCCCCCCCCOP(=O)(O)O. The second kappa shape index (κ2) is 12.9. The average molecular weight is 292 g/mol. The molecule has 2 N–H and O–H groups in total. The van der Waals surface area contributed by atoms with Crippen LogP contribution in [0.4, 0.5) is 0 Å². The molecular weight excluding hydrogens is 263 g/mol. The number of rotatable bonds is 13. The van der Waals surface area contributed by atoms with E-state index in [0.717, 1.165) is 25.7 Å². The molecule has 0 amide bonds. The van der Waals surface area contributed by atoms with Gasteiger partial charge < -0.3 is 9.79 Å². The molecule has 0 aliphatic carbocycles. The first-order chi connectivity index (χ1) is 9.06. The summed E-state index contributed by atoms with van der Waals surface area (Å²) in [6, 6.07) is 0. The van der Waals surface area contributed by atoms with Gasteiger partial charge in [-0.15, -0.1) is 0 Å². The lowest BCUT2D eigenvalue weighted by molar-refractivity contribution is 0.193. The first-order valence-corrected chi connectivity index (χ1v) is 8.94. The van der Waals surface area contributed by atoms with Gasteiger partial charge in [0.2, 0.25) is 0 Å². The van der Waals surface area contributed by atoms with Gasteiger partial charge >= 0.3 is 7.82 Å². The minimum Gasteiger partial charge on any atom is -0.303 e. The second-order valence-corrected chi connectivity index (χ2v) is 6.06. The Kier molecular flexibility index (Phi) is 12.8. The molecule has 0 aliphatic rings. The highest BCUT2D eigenvalue weighted by Gasteiger charge is 2.12. The first-order valence-electron chi connectivity index (χ1n) is 7.41. The normalized spacial score (nSPS) is 12.4. The Morgan fingerprint density at radius 3 is 1.95 bits per heavy atom. The number of allylic oxidation sites excluding steroid dienone is 2. The lowest BCUT2D eigenvalue weighted by Gasteiger charge is -2.04. The van der Waals surface area contributed by atoms with Crippen molar-refractivity contribution in [1.29, 1.82) is 0 Å². The van der Waals surface area contributed by atoms with Crippen LogP contribution in [0.15, 0.2) is 12.2 Å². The summed E-state index contributed by atoms with van der Waals surface area (Å²) in [5.41, 5.74) is 0. The smallest absolute Gasteiger partial charge is 0.303 e. The molecule has 0 saturated heterocycles. The largest absolute Gasteiger partial charge is 0.469 e. The summed E-state index contributed by atoms with van der Waals surface area (Å²) >= 11 is 0. The van der Waals surface area contributed by atoms with E-state index in [1.54, 1.807) is 0 Å². The van der Waals surface area contributed by atoms with E-state index in [1.165, 1.54) is 38.5 Å². The third-order valence-corrected chi connectivity index (χ3v) is 3.45. The molecule has 0 rings (SSSR count). The number of phosphoric acid groups is 1. The molecule has 0 heterocycles. The van der Waals surface area contributed by atoms with Crippen molar-refractivity contribution in [2.45, 2.75) is 71.1 Å². The molecular formula is C14H29O4P. The summed E-state index contributed by atoms with van der Waals surface area (Å²) in [4.78, 5) is 17.0. The molecule has 0 aromatic heterocycles. The quantitative estimate of drug-likeness (QED) is 0.296. The van der Waals surface area contributed by atoms with Gasteiger partial charge in [0, 0.05) is 0 Å². The maximum atomic E-state index is 10.4. The number of hydrogen-bond acceptors (Lipinski definition) is 2. The summed E-state index contributed by atoms with van der Waals surface area (Å²) in [7, 11) is -4.25. The van der Waals surface area contributed by atoms with Crippen molar-refractivity contribution in [3.05, 3.63) is 12.2 Å². The highest BCUT2D eigenvalue weighted by atomic mass is 31.2. The van der Waals surface area contributed by atoms with Crippen molar-refractivity contribution in [3.8, 4) is 0 Å². The Hall–Kier alpha value is -0.150. The molecule has 5 heteroatoms. The number of unbranched alkanes of at least 4 members (excludes halogenated alkanes) is 8. The predicted octanol–water partition coefficient (Wildman–Crippen LogP) is 4.57. The van der Waals surface area contributed by atoms with Crippen molar-refractivity contribution in [2.24, 2.45) is 0 Å². The fourth-order valence-electron chi connectivity index (χ4n) is 1.89. The van der Waals surface area contributed by atoms with Gasteiger partial charge in [0.25, 0.3) is 0 Å². The third kappa shape index (κ3) is 17.9. The molecule has 0 atom stereocenters. The summed E-state index contributed by atoms with van der Waals surface area (Å²) in [5.74, 6) is 0. The van der Waals surface area contributed by atoms with Crippen LogP contribution in [0.25, 0.3) is 0 Å². The van der Waals surface area contributed by atoms with Crippen LogP contribution in [0.2, 0.25) is 0 Å². The van der Waals surface area contributed by atoms with Crippen LogP contribution in [-0.4, -0.2) is 16.4 Å². The van der Waals surface area contributed by atoms with Crippen LogP contribution < -0.4 is 0 Å². The first kappa shape index (κ1) is 18.9. The van der Waals surface area contributed by atoms with E-state index in [4.69, 9.17) is 9.79 Å². The van der Waals surface area contributed by atoms with Crippen LogP contribution in [0.5, 0.6) is 0 Å². The van der Waals surface area contributed by atoms with E-state index in [1.807, 2.05) is 0 Å². The minimum absolute atomic E-state index is 0.161. The Bertz CT molecular complexity index is 260. The molecule has 0 spiro atoms. The molecule has 0 saturated carbocycles. The summed E-state index contributed by atoms with van der Waals surface area (Å²) in [6.45, 7) is 2.31. The monoisotopic (exact) mass is 292 g/mol. The summed E-state index contributed by atoms with van der Waals surface area (Å²) < 4.78 is 14.8. The molecule has 4 nitrogen and oxygen atoms in total. The van der Waals surface area contributed by atoms with Gasteiger partial charge in [-0.05, 0) is 25.7 Å². The fourth-order valence-corrected chi connectivity index (χ4v) is 2.26. The maximum absolute atomic E-state index is 10.4. The van der Waals surface area contributed by atoms with Crippen LogP contribution in [0.1, 0.15) is 71.1 Å². The van der Waals surface area contributed by atoms with Crippen LogP contribution in [0.3, 0.4) is 0 Å². The van der Waals surface area contributed by atoms with E-state index in [-0.39, 0.29) is 6.61 Å². The molecule has 19 heavy (non-hydrogen) atoms. The van der Waals surface area contributed by atoms with Gasteiger partial charge in [-0.1, -0.05) is 57.6 Å². The molecule has 0 aromatic rings. The summed E-state index contributed by atoms with van der Waals surface area (Å²) in [6.07, 6.45) is 16.0. The molecule has 0 fully saturated rings. The van der Waals surface area contributed by atoms with Gasteiger partial charge in [-0.2, -0.15) is 0 Å². The van der Waals surface area contributed by atoms with Crippen molar-refractivity contribution < 1.29 is 18.9 Å². The predicted molar refractivity (Wildman–Crippen MR) is 79.0 cm³/mol. The topological polar surface area (TPSA) is 66.8 Å². The van der Waals surface area contributed by atoms with Crippen molar-refractivity contribution >= 4 is 7.82 Å². The fraction of sp³-hybridized carbons (Fsp3) is 0.857. The minimum atomic E-state index is -4.25. The Morgan fingerprint density at radius 2 is 1.42 bits per heavy atom. The molecule has 0 bridgehead atoms. The van der Waals surface area contributed by atoms with Crippen LogP contribution in [0, 0.1) is 0 Å². The number of hydrogen-bond donors (Lipinski definition) is 2. The van der Waals surface area contributed by atoms with E-state index in [0.29, 0.717) is 0 Å². The molecule has 0 radical (unpaired) electrons. The molecule has 0 aromatic carbocycles. The van der Waals surface area contributed by atoms with Crippen LogP contribution >= 0.6 is 7.82 Å². The standard InChI is InChI=1S/C14H29O4P/c1-2-3-4-5-6-7-8-9-10-11-12-13-14-18-19(15,16)17/h3-4H,2,5-14H2,1H3,(H2,15,16,17). The Balaban J connectivity index is 3.07. The Morgan fingerprint density at radius 1 is 0.895 bits per heavy atom. The van der Waals surface area contributed by atoms with E-state index in [9.17, 15) is 4.57 Å². The zero-order valence-electron chi connectivity index (χ0n) is 12.1. The zero-order chi connectivity index (χ0) is 14.4. The lowest BCUT2D eigenvalue weighted by Crippen LogP contribution is -1.92. The number of phosphoric ester groups is 1. The Labute approximate surface area is 117 Å². The van der Waals surface area contributed by atoms with Crippen molar-refractivity contribution in [3.63, 3.8) is 0 Å². The molecule has 114 valence electrons. The van der Waals surface area contributed by atoms with E-state index < -0.39 is 7.82 Å². The van der Waals surface area contributed by atoms with Crippen molar-refractivity contribution in [2.75, 3.05) is 6.61 Å². The molecule has 0 aliphatic heterocycles. The maximum Gasteiger partial charge on any atom is 0.469 e. The highest BCUT2D eigenvalue weighted by molar-refractivity contribution is 7.46. The van der Waals surface area contributed by atoms with Gasteiger partial charge in [-0.25, -0.2) is 4.57 Å². The van der Waals surface area contributed by atoms with Crippen LogP contribution in [-0.2, 0) is 9.09 Å². The molecule has 0 unspecified atom stereocenters. The van der Waals surface area contributed by atoms with Gasteiger partial charge in [0.1, 0.15) is 0 Å². The third-order valence-electron chi connectivity index (χ3n) is 2.93.